The van der Waals surface area contributed by atoms with Gasteiger partial charge in [0.25, 0.3) is 0 Å². The third kappa shape index (κ3) is 1.28. The number of ketones is 1. The summed E-state index contributed by atoms with van der Waals surface area (Å²) < 4.78 is 5.14. The molecule has 3 heteroatoms. The molecule has 1 heterocycles. The average Bonchev–Trinajstić information content (AvgIpc) is 2.33. The monoisotopic (exact) mass is 215 g/mol. The Hall–Kier alpha value is -1.64. The van der Waals surface area contributed by atoms with Crippen molar-refractivity contribution >= 4 is 11.9 Å². The minimum atomic E-state index is 0.150. The van der Waals surface area contributed by atoms with Crippen molar-refractivity contribution < 1.29 is 9.53 Å². The maximum Gasteiger partial charge on any atom is 0.213 e. The van der Waals surface area contributed by atoms with Gasteiger partial charge in [0.1, 0.15) is 0 Å². The van der Waals surface area contributed by atoms with Crippen molar-refractivity contribution in [2.75, 3.05) is 7.11 Å². The van der Waals surface area contributed by atoms with Crippen LogP contribution < -0.4 is 4.74 Å². The average molecular weight is 215 g/mol. The van der Waals surface area contributed by atoms with Crippen molar-refractivity contribution in [3.05, 3.63) is 29.5 Å². The molecule has 0 saturated heterocycles. The molecule has 82 valence electrons. The maximum atomic E-state index is 11.8. The molecule has 0 amide bonds. The number of aromatic nitrogens is 1. The second-order valence-corrected chi connectivity index (χ2v) is 4.35. The van der Waals surface area contributed by atoms with Crippen LogP contribution in [0.25, 0.3) is 6.08 Å². The lowest BCUT2D eigenvalue weighted by atomic mass is 9.70. The third-order valence-electron chi connectivity index (χ3n) is 3.56. The fourth-order valence-corrected chi connectivity index (χ4v) is 2.48. The predicted molar refractivity (Wildman–Crippen MR) is 60.3 cm³/mol. The van der Waals surface area contributed by atoms with Crippen molar-refractivity contribution in [1.29, 1.82) is 0 Å². The van der Waals surface area contributed by atoms with E-state index in [1.54, 1.807) is 13.2 Å². The number of allylic oxidation sites excluding steroid dienone is 1. The van der Waals surface area contributed by atoms with Crippen molar-refractivity contribution in [2.24, 2.45) is 5.92 Å². The predicted octanol–water partition coefficient (Wildman–Crippen LogP) is 2.18. The highest BCUT2D eigenvalue weighted by atomic mass is 16.5. The minimum Gasteiger partial charge on any atom is -0.481 e. The van der Waals surface area contributed by atoms with Gasteiger partial charge in [-0.1, -0.05) is 0 Å². The molecule has 0 aliphatic heterocycles. The molecular weight excluding hydrogens is 202 g/mol. The molecule has 1 aromatic rings. The SMILES string of the molecule is COc1ccc2c(n1)C1CC[C@@H]1C(=O)C=C2. The molecule has 2 atom stereocenters. The third-order valence-corrected chi connectivity index (χ3v) is 3.56. The number of hydrogen-bond donors (Lipinski definition) is 0. The second-order valence-electron chi connectivity index (χ2n) is 4.35. The summed E-state index contributed by atoms with van der Waals surface area (Å²) in [6, 6.07) is 3.82. The van der Waals surface area contributed by atoms with Gasteiger partial charge in [-0.15, -0.1) is 0 Å². The van der Waals surface area contributed by atoms with E-state index in [0.717, 1.165) is 24.1 Å². The lowest BCUT2D eigenvalue weighted by Crippen LogP contribution is -2.30. The first-order valence-electron chi connectivity index (χ1n) is 5.56. The van der Waals surface area contributed by atoms with Crippen LogP contribution in [0.4, 0.5) is 0 Å². The van der Waals surface area contributed by atoms with Crippen molar-refractivity contribution in [3.8, 4) is 5.88 Å². The van der Waals surface area contributed by atoms with Crippen molar-refractivity contribution in [2.45, 2.75) is 18.8 Å². The first kappa shape index (κ1) is 9.58. The van der Waals surface area contributed by atoms with Crippen LogP contribution in [0.5, 0.6) is 5.88 Å². The van der Waals surface area contributed by atoms with Crippen LogP contribution >= 0.6 is 0 Å². The molecule has 2 aliphatic rings. The Morgan fingerprint density at radius 1 is 1.25 bits per heavy atom. The standard InChI is InChI=1S/C13H13NO2/c1-16-12-7-3-8-2-6-11(15)9-4-5-10(9)13(8)14-12/h2-3,6-7,9-10H,4-5H2,1H3/t9-,10?/m0/s1. The Balaban J connectivity index is 2.10. The molecule has 0 N–H and O–H groups in total. The van der Waals surface area contributed by atoms with Gasteiger partial charge in [0.05, 0.1) is 12.8 Å². The van der Waals surface area contributed by atoms with Crippen LogP contribution in [0.15, 0.2) is 18.2 Å². The summed E-state index contributed by atoms with van der Waals surface area (Å²) in [5.74, 6) is 1.32. The van der Waals surface area contributed by atoms with Gasteiger partial charge in [0.15, 0.2) is 5.78 Å². The van der Waals surface area contributed by atoms with E-state index >= 15 is 0 Å². The summed E-state index contributed by atoms with van der Waals surface area (Å²) in [7, 11) is 1.62. The molecule has 3 nitrogen and oxygen atoms in total. The Morgan fingerprint density at radius 2 is 2.06 bits per heavy atom. The zero-order valence-electron chi connectivity index (χ0n) is 9.14. The van der Waals surface area contributed by atoms with E-state index in [0.29, 0.717) is 11.8 Å². The van der Waals surface area contributed by atoms with E-state index in [2.05, 4.69) is 4.98 Å². The number of nitrogens with zero attached hydrogens (tertiary/aromatic N) is 1. The van der Waals surface area contributed by atoms with Crippen LogP contribution in [-0.4, -0.2) is 17.9 Å². The first-order valence-corrected chi connectivity index (χ1v) is 5.56. The fraction of sp³-hybridized carbons (Fsp3) is 0.385. The zero-order valence-corrected chi connectivity index (χ0v) is 9.14. The van der Waals surface area contributed by atoms with Gasteiger partial charge in [-0.3, -0.25) is 4.79 Å². The van der Waals surface area contributed by atoms with Crippen LogP contribution in [0.2, 0.25) is 0 Å². The Bertz CT molecular complexity index is 479. The summed E-state index contributed by atoms with van der Waals surface area (Å²) >= 11 is 0. The Kier molecular flexibility index (Phi) is 2.06. The molecule has 1 fully saturated rings. The quantitative estimate of drug-likeness (QED) is 0.720. The molecular formula is C13H13NO2. The smallest absolute Gasteiger partial charge is 0.213 e. The Morgan fingerprint density at radius 3 is 2.75 bits per heavy atom. The lowest BCUT2D eigenvalue weighted by molar-refractivity contribution is -0.121. The van der Waals surface area contributed by atoms with Gasteiger partial charge >= 0.3 is 0 Å². The maximum absolute atomic E-state index is 11.8. The number of pyridine rings is 1. The number of hydrogen-bond acceptors (Lipinski definition) is 3. The molecule has 0 aromatic carbocycles. The molecule has 1 aromatic heterocycles. The molecule has 0 bridgehead atoms. The lowest BCUT2D eigenvalue weighted by Gasteiger charge is -2.34. The van der Waals surface area contributed by atoms with Crippen LogP contribution in [0.1, 0.15) is 30.0 Å². The van der Waals surface area contributed by atoms with Crippen molar-refractivity contribution in [3.63, 3.8) is 0 Å². The minimum absolute atomic E-state index is 0.150. The van der Waals surface area contributed by atoms with Gasteiger partial charge in [-0.2, -0.15) is 0 Å². The molecule has 0 spiro atoms. The van der Waals surface area contributed by atoms with E-state index < -0.39 is 0 Å². The number of methoxy groups -OCH3 is 1. The topological polar surface area (TPSA) is 39.2 Å². The number of fused-ring (bicyclic) bond motifs is 3. The summed E-state index contributed by atoms with van der Waals surface area (Å²) in [6.45, 7) is 0. The zero-order chi connectivity index (χ0) is 11.1. The van der Waals surface area contributed by atoms with Crippen LogP contribution in [-0.2, 0) is 4.79 Å². The number of rotatable bonds is 1. The number of carbonyl (C=O) groups is 1. The van der Waals surface area contributed by atoms with Crippen molar-refractivity contribution in [1.82, 2.24) is 4.98 Å². The highest BCUT2D eigenvalue weighted by Gasteiger charge is 2.39. The van der Waals surface area contributed by atoms with Gasteiger partial charge in [0, 0.05) is 17.9 Å². The molecule has 3 rings (SSSR count). The van der Waals surface area contributed by atoms with E-state index in [9.17, 15) is 4.79 Å². The fourth-order valence-electron chi connectivity index (χ4n) is 2.48. The molecule has 16 heavy (non-hydrogen) atoms. The van der Waals surface area contributed by atoms with E-state index in [-0.39, 0.29) is 11.7 Å². The molecule has 1 saturated carbocycles. The molecule has 2 aliphatic carbocycles. The van der Waals surface area contributed by atoms with E-state index in [4.69, 9.17) is 4.74 Å². The normalized spacial score (nSPS) is 26.4. The van der Waals surface area contributed by atoms with Crippen LogP contribution in [0, 0.1) is 5.92 Å². The molecule has 0 radical (unpaired) electrons. The van der Waals surface area contributed by atoms with E-state index in [1.165, 1.54) is 0 Å². The number of carbonyl (C=O) groups excluding carboxylic acids is 1. The summed E-state index contributed by atoms with van der Waals surface area (Å²) in [4.78, 5) is 16.2. The molecule has 1 unspecified atom stereocenters. The first-order chi connectivity index (χ1) is 7.79. The summed E-state index contributed by atoms with van der Waals surface area (Å²) in [5, 5.41) is 0. The second kappa shape index (κ2) is 3.44. The van der Waals surface area contributed by atoms with Gasteiger partial charge < -0.3 is 4.74 Å². The highest BCUT2D eigenvalue weighted by molar-refractivity contribution is 5.97. The highest BCUT2D eigenvalue weighted by Crippen LogP contribution is 2.45. The largest absolute Gasteiger partial charge is 0.481 e. The van der Waals surface area contributed by atoms with Crippen LogP contribution in [0.3, 0.4) is 0 Å². The summed E-state index contributed by atoms with van der Waals surface area (Å²) in [5.41, 5.74) is 2.08. The van der Waals surface area contributed by atoms with Gasteiger partial charge in [0.2, 0.25) is 5.88 Å². The number of ether oxygens (including phenoxy) is 1. The van der Waals surface area contributed by atoms with E-state index in [1.807, 2.05) is 18.2 Å². The summed E-state index contributed by atoms with van der Waals surface area (Å²) in [6.07, 6.45) is 5.62. The van der Waals surface area contributed by atoms with Gasteiger partial charge in [-0.05, 0) is 36.6 Å². The Labute approximate surface area is 94.1 Å². The van der Waals surface area contributed by atoms with Gasteiger partial charge in [-0.25, -0.2) is 4.98 Å².